The van der Waals surface area contributed by atoms with Gasteiger partial charge in [0.2, 0.25) is 5.91 Å². The number of para-hydroxylation sites is 1. The largest absolute Gasteiger partial charge is 0.378 e. The smallest absolute Gasteiger partial charge is 0.236 e. The van der Waals surface area contributed by atoms with Gasteiger partial charge in [-0.3, -0.25) is 9.69 Å². The van der Waals surface area contributed by atoms with Crippen molar-refractivity contribution in [2.75, 3.05) is 45.7 Å². The Morgan fingerprint density at radius 3 is 2.43 bits per heavy atom. The lowest BCUT2D eigenvalue weighted by Gasteiger charge is -2.31. The fourth-order valence-electron chi connectivity index (χ4n) is 3.98. The Morgan fingerprint density at radius 2 is 1.77 bits per heavy atom. The van der Waals surface area contributed by atoms with Crippen LogP contribution in [0.5, 0.6) is 0 Å². The van der Waals surface area contributed by atoms with E-state index < -0.39 is 0 Å². The molecule has 0 unspecified atom stereocenters. The molecule has 1 saturated heterocycles. The van der Waals surface area contributed by atoms with E-state index in [1.54, 1.807) is 0 Å². The minimum absolute atomic E-state index is 0.185. The monoisotopic (exact) mass is 422 g/mol. The topological polar surface area (TPSA) is 39.7 Å². The molecule has 0 spiro atoms. The summed E-state index contributed by atoms with van der Waals surface area (Å²) in [5, 5.41) is 1.25. The number of hydrogen-bond acceptors (Lipinski definition) is 5. The average molecular weight is 423 g/mol. The van der Waals surface area contributed by atoms with E-state index in [-0.39, 0.29) is 5.91 Å². The van der Waals surface area contributed by atoms with Gasteiger partial charge in [0.05, 0.1) is 21.8 Å². The van der Waals surface area contributed by atoms with E-state index in [0.717, 1.165) is 37.0 Å². The van der Waals surface area contributed by atoms with Crippen molar-refractivity contribution >= 4 is 33.1 Å². The molecule has 0 bridgehead atoms. The number of thiazole rings is 1. The predicted octanol–water partition coefficient (Wildman–Crippen LogP) is 4.20. The summed E-state index contributed by atoms with van der Waals surface area (Å²) in [5.74, 6) is 0.701. The number of piperidine rings is 1. The van der Waals surface area contributed by atoms with Gasteiger partial charge < -0.3 is 9.80 Å². The third kappa shape index (κ3) is 4.82. The van der Waals surface area contributed by atoms with Crippen molar-refractivity contribution in [2.45, 2.75) is 25.3 Å². The number of rotatable bonds is 6. The average Bonchev–Trinajstić information content (AvgIpc) is 3.19. The number of likely N-dealkylation sites (tertiary alicyclic amines) is 1. The lowest BCUT2D eigenvalue weighted by atomic mass is 9.97. The number of carbonyl (C=O) groups is 1. The summed E-state index contributed by atoms with van der Waals surface area (Å²) in [6.45, 7) is 3.06. The van der Waals surface area contributed by atoms with E-state index in [1.807, 2.05) is 43.4 Å². The molecule has 5 nitrogen and oxygen atoms in total. The number of hydrogen-bond donors (Lipinski definition) is 0. The predicted molar refractivity (Wildman–Crippen MR) is 125 cm³/mol. The van der Waals surface area contributed by atoms with E-state index in [9.17, 15) is 4.79 Å². The summed E-state index contributed by atoms with van der Waals surface area (Å²) in [7, 11) is 5.96. The first-order chi connectivity index (χ1) is 14.5. The molecule has 0 radical (unpaired) electrons. The summed E-state index contributed by atoms with van der Waals surface area (Å²) < 4.78 is 1.27. The van der Waals surface area contributed by atoms with Gasteiger partial charge in [-0.25, -0.2) is 4.98 Å². The molecule has 0 atom stereocenters. The van der Waals surface area contributed by atoms with Crippen LogP contribution >= 0.6 is 11.3 Å². The van der Waals surface area contributed by atoms with Gasteiger partial charge >= 0.3 is 0 Å². The second-order valence-corrected chi connectivity index (χ2v) is 9.44. The van der Waals surface area contributed by atoms with Crippen LogP contribution in [-0.4, -0.2) is 61.5 Å². The third-order valence-electron chi connectivity index (χ3n) is 5.90. The maximum absolute atomic E-state index is 12.7. The van der Waals surface area contributed by atoms with Crippen molar-refractivity contribution in [1.82, 2.24) is 14.8 Å². The highest BCUT2D eigenvalue weighted by Crippen LogP contribution is 2.33. The van der Waals surface area contributed by atoms with E-state index in [1.165, 1.54) is 15.4 Å². The van der Waals surface area contributed by atoms with Crippen LogP contribution in [0.3, 0.4) is 0 Å². The fraction of sp³-hybridized carbons (Fsp3) is 0.417. The first-order valence-corrected chi connectivity index (χ1v) is 11.4. The summed E-state index contributed by atoms with van der Waals surface area (Å²) in [5.41, 5.74) is 3.44. The summed E-state index contributed by atoms with van der Waals surface area (Å²) >= 11 is 1.82. The molecule has 1 aliphatic heterocycles. The van der Waals surface area contributed by atoms with Crippen molar-refractivity contribution in [3.8, 4) is 0 Å². The summed E-state index contributed by atoms with van der Waals surface area (Å²) in [6, 6.07) is 16.8. The highest BCUT2D eigenvalue weighted by molar-refractivity contribution is 7.18. The van der Waals surface area contributed by atoms with Crippen LogP contribution in [0.1, 0.15) is 29.3 Å². The molecule has 1 aromatic heterocycles. The number of benzene rings is 2. The number of carbonyl (C=O) groups excluding carboxylic acids is 1. The van der Waals surface area contributed by atoms with E-state index >= 15 is 0 Å². The molecule has 2 heterocycles. The highest BCUT2D eigenvalue weighted by atomic mass is 32.1. The van der Waals surface area contributed by atoms with Gasteiger partial charge in [-0.2, -0.15) is 0 Å². The van der Waals surface area contributed by atoms with Crippen LogP contribution < -0.4 is 4.90 Å². The molecule has 2 aromatic carbocycles. The first-order valence-electron chi connectivity index (χ1n) is 10.6. The maximum atomic E-state index is 12.7. The molecule has 0 saturated carbocycles. The van der Waals surface area contributed by atoms with Crippen LogP contribution in [0, 0.1) is 0 Å². The standard InChI is InChI=1S/C24H30N4OS/c1-26(2)20-10-8-18(9-11-20)16-27(3)23(29)17-28-14-12-19(13-15-28)24-25-21-6-4-5-7-22(21)30-24/h4-11,19H,12-17H2,1-3H3. The normalized spacial score (nSPS) is 15.4. The minimum Gasteiger partial charge on any atom is -0.378 e. The lowest BCUT2D eigenvalue weighted by Crippen LogP contribution is -2.41. The van der Waals surface area contributed by atoms with Crippen molar-refractivity contribution in [2.24, 2.45) is 0 Å². The number of nitrogens with zero attached hydrogens (tertiary/aromatic N) is 4. The molecular weight excluding hydrogens is 392 g/mol. The Balaban J connectivity index is 1.27. The molecule has 6 heteroatoms. The molecule has 0 aliphatic carbocycles. The van der Waals surface area contributed by atoms with Crippen LogP contribution in [0.15, 0.2) is 48.5 Å². The summed E-state index contributed by atoms with van der Waals surface area (Å²) in [4.78, 5) is 23.8. The zero-order valence-corrected chi connectivity index (χ0v) is 18.9. The zero-order valence-electron chi connectivity index (χ0n) is 18.0. The lowest BCUT2D eigenvalue weighted by molar-refractivity contribution is -0.131. The Bertz CT molecular complexity index is 957. The molecule has 158 valence electrons. The van der Waals surface area contributed by atoms with E-state index in [0.29, 0.717) is 19.0 Å². The van der Waals surface area contributed by atoms with Crippen molar-refractivity contribution < 1.29 is 4.79 Å². The Hall–Kier alpha value is -2.44. The number of anilines is 1. The number of aromatic nitrogens is 1. The summed E-state index contributed by atoms with van der Waals surface area (Å²) in [6.07, 6.45) is 2.14. The van der Waals surface area contributed by atoms with Crippen molar-refractivity contribution in [1.29, 1.82) is 0 Å². The van der Waals surface area contributed by atoms with Crippen LogP contribution in [0.2, 0.25) is 0 Å². The number of fused-ring (bicyclic) bond motifs is 1. The van der Waals surface area contributed by atoms with Gasteiger partial charge in [-0.05, 0) is 55.8 Å². The first kappa shape index (κ1) is 20.8. The maximum Gasteiger partial charge on any atom is 0.236 e. The molecule has 4 rings (SSSR count). The van der Waals surface area contributed by atoms with Gasteiger partial charge in [-0.1, -0.05) is 24.3 Å². The SMILES string of the molecule is CN(Cc1ccc(N(C)C)cc1)C(=O)CN1CCC(c2nc3ccccc3s2)CC1. The van der Waals surface area contributed by atoms with Crippen molar-refractivity contribution in [3.05, 3.63) is 59.1 Å². The fourth-order valence-corrected chi connectivity index (χ4v) is 5.11. The highest BCUT2D eigenvalue weighted by Gasteiger charge is 2.25. The number of amides is 1. The minimum atomic E-state index is 0.185. The van der Waals surface area contributed by atoms with Crippen LogP contribution in [-0.2, 0) is 11.3 Å². The quantitative estimate of drug-likeness (QED) is 0.597. The molecule has 1 aliphatic rings. The van der Waals surface area contributed by atoms with Gasteiger partial charge in [0.15, 0.2) is 0 Å². The third-order valence-corrected chi connectivity index (χ3v) is 7.10. The molecule has 0 N–H and O–H groups in total. The zero-order chi connectivity index (χ0) is 21.1. The molecular formula is C24H30N4OS. The van der Waals surface area contributed by atoms with Gasteiger partial charge in [-0.15, -0.1) is 11.3 Å². The Kier molecular flexibility index (Phi) is 6.35. The molecule has 1 amide bonds. The number of likely N-dealkylation sites (N-methyl/N-ethyl adjacent to an activating group) is 1. The molecule has 30 heavy (non-hydrogen) atoms. The van der Waals surface area contributed by atoms with E-state index in [2.05, 4.69) is 52.3 Å². The Morgan fingerprint density at radius 1 is 1.07 bits per heavy atom. The van der Waals surface area contributed by atoms with Crippen LogP contribution in [0.25, 0.3) is 10.2 Å². The second-order valence-electron chi connectivity index (χ2n) is 8.38. The Labute approximate surface area is 182 Å². The molecule has 1 fully saturated rings. The second kappa shape index (κ2) is 9.14. The van der Waals surface area contributed by atoms with Gasteiger partial charge in [0, 0.05) is 39.3 Å². The van der Waals surface area contributed by atoms with Gasteiger partial charge in [0.25, 0.3) is 0 Å². The van der Waals surface area contributed by atoms with E-state index in [4.69, 9.17) is 4.98 Å². The molecule has 3 aromatic rings. The van der Waals surface area contributed by atoms with Crippen molar-refractivity contribution in [3.63, 3.8) is 0 Å². The van der Waals surface area contributed by atoms with Crippen LogP contribution in [0.4, 0.5) is 5.69 Å². The van der Waals surface area contributed by atoms with Gasteiger partial charge in [0.1, 0.15) is 0 Å².